The summed E-state index contributed by atoms with van der Waals surface area (Å²) in [5, 5.41) is 12.0. The monoisotopic (exact) mass is 440 g/mol. The number of ether oxygens (including phenoxy) is 1. The van der Waals surface area contributed by atoms with E-state index in [-0.39, 0.29) is 30.9 Å². The summed E-state index contributed by atoms with van der Waals surface area (Å²) in [6, 6.07) is 5.38. The molecule has 158 valence electrons. The van der Waals surface area contributed by atoms with Crippen LogP contribution >= 0.6 is 24.0 Å². The number of benzene rings is 1. The molecule has 0 spiro atoms. The Balaban J connectivity index is 0.00000240. The molecule has 4 rings (SSSR count). The van der Waals surface area contributed by atoms with Crippen LogP contribution in [-0.2, 0) is 17.9 Å². The Kier molecular flexibility index (Phi) is 7.34. The maximum atomic E-state index is 12.5. The quantitative estimate of drug-likeness (QED) is 0.762. The van der Waals surface area contributed by atoms with Crippen LogP contribution in [0, 0.1) is 0 Å². The average molecular weight is 441 g/mol. The van der Waals surface area contributed by atoms with Crippen molar-refractivity contribution in [2.24, 2.45) is 0 Å². The number of nitrogens with one attached hydrogen (secondary N) is 1. The van der Waals surface area contributed by atoms with Gasteiger partial charge in [-0.15, -0.1) is 17.5 Å². The van der Waals surface area contributed by atoms with Gasteiger partial charge in [0.1, 0.15) is 12.3 Å². The van der Waals surface area contributed by atoms with E-state index in [1.807, 2.05) is 18.3 Å². The van der Waals surface area contributed by atoms with Crippen molar-refractivity contribution in [3.05, 3.63) is 40.7 Å². The number of carbonyl (C=O) groups is 1. The topological polar surface area (TPSA) is 75.5 Å². The number of piperazine rings is 1. The highest BCUT2D eigenvalue weighted by Crippen LogP contribution is 2.33. The van der Waals surface area contributed by atoms with E-state index in [4.69, 9.17) is 16.3 Å². The van der Waals surface area contributed by atoms with Crippen molar-refractivity contribution in [1.29, 1.82) is 0 Å². The lowest BCUT2D eigenvalue weighted by atomic mass is 10.0. The number of rotatable bonds is 5. The number of carbonyl (C=O) groups excluding carboxylic acids is 1. The van der Waals surface area contributed by atoms with E-state index in [2.05, 4.69) is 32.5 Å². The van der Waals surface area contributed by atoms with Gasteiger partial charge in [0.25, 0.3) is 0 Å². The first-order valence-electron chi connectivity index (χ1n) is 9.58. The van der Waals surface area contributed by atoms with E-state index in [0.717, 1.165) is 49.7 Å². The first-order valence-corrected chi connectivity index (χ1v) is 9.96. The first kappa shape index (κ1) is 21.8. The maximum absolute atomic E-state index is 12.5. The molecular weight excluding hydrogens is 415 g/mol. The van der Waals surface area contributed by atoms with Crippen molar-refractivity contribution in [2.75, 3.05) is 39.8 Å². The lowest BCUT2D eigenvalue weighted by Gasteiger charge is -2.31. The Morgan fingerprint density at radius 3 is 2.90 bits per heavy atom. The second-order valence-electron chi connectivity index (χ2n) is 7.43. The molecule has 2 aliphatic rings. The predicted molar refractivity (Wildman–Crippen MR) is 112 cm³/mol. The number of halogens is 2. The maximum Gasteiger partial charge on any atom is 0.242 e. The third-order valence-corrected chi connectivity index (χ3v) is 5.45. The second kappa shape index (κ2) is 9.75. The minimum absolute atomic E-state index is 0. The molecule has 0 aliphatic carbocycles. The zero-order chi connectivity index (χ0) is 19.5. The molecule has 0 radical (unpaired) electrons. The summed E-state index contributed by atoms with van der Waals surface area (Å²) < 4.78 is 7.24. The van der Waals surface area contributed by atoms with Crippen LogP contribution in [0.25, 0.3) is 0 Å². The summed E-state index contributed by atoms with van der Waals surface area (Å²) in [7, 11) is 2.14. The van der Waals surface area contributed by atoms with E-state index in [0.29, 0.717) is 18.1 Å². The molecule has 1 aromatic carbocycles. The van der Waals surface area contributed by atoms with E-state index < -0.39 is 0 Å². The molecule has 1 fully saturated rings. The zero-order valence-corrected chi connectivity index (χ0v) is 18.0. The number of fused-ring (bicyclic) bond motifs is 1. The van der Waals surface area contributed by atoms with Crippen molar-refractivity contribution >= 4 is 29.9 Å². The molecule has 29 heavy (non-hydrogen) atoms. The van der Waals surface area contributed by atoms with E-state index >= 15 is 0 Å². The van der Waals surface area contributed by atoms with E-state index in [1.165, 1.54) is 0 Å². The van der Waals surface area contributed by atoms with Crippen LogP contribution in [0.3, 0.4) is 0 Å². The highest BCUT2D eigenvalue weighted by molar-refractivity contribution is 6.30. The number of hydrogen-bond acceptors (Lipinski definition) is 6. The highest BCUT2D eigenvalue weighted by Gasteiger charge is 2.23. The van der Waals surface area contributed by atoms with Gasteiger partial charge in [-0.3, -0.25) is 9.69 Å². The summed E-state index contributed by atoms with van der Waals surface area (Å²) in [5.74, 6) is 0.671. The largest absolute Gasteiger partial charge is 0.493 e. The Bertz CT molecular complexity index is 838. The van der Waals surface area contributed by atoms with Crippen molar-refractivity contribution < 1.29 is 9.53 Å². The summed E-state index contributed by atoms with van der Waals surface area (Å²) in [4.78, 5) is 17.2. The van der Waals surface area contributed by atoms with Crippen LogP contribution in [0.2, 0.25) is 5.02 Å². The van der Waals surface area contributed by atoms with Crippen molar-refractivity contribution in [1.82, 2.24) is 30.1 Å². The van der Waals surface area contributed by atoms with Crippen LogP contribution < -0.4 is 10.1 Å². The highest BCUT2D eigenvalue weighted by atomic mass is 35.5. The van der Waals surface area contributed by atoms with Gasteiger partial charge in [0.15, 0.2) is 0 Å². The fourth-order valence-corrected chi connectivity index (χ4v) is 3.81. The van der Waals surface area contributed by atoms with Gasteiger partial charge in [0.05, 0.1) is 24.5 Å². The third kappa shape index (κ3) is 5.60. The van der Waals surface area contributed by atoms with Gasteiger partial charge in [-0.2, -0.15) is 0 Å². The van der Waals surface area contributed by atoms with Crippen LogP contribution in [-0.4, -0.2) is 70.5 Å². The molecule has 0 saturated carbocycles. The fourth-order valence-electron chi connectivity index (χ4n) is 3.63. The minimum Gasteiger partial charge on any atom is -0.493 e. The smallest absolute Gasteiger partial charge is 0.242 e. The zero-order valence-electron chi connectivity index (χ0n) is 16.4. The standard InChI is InChI=1S/C19H25ClN6O2.ClH/c1-24-5-7-25(8-6-24)11-15-12-26(23-22-15)13-19(27)21-17-4-9-28-18-3-2-14(20)10-16(17)18;/h2-3,10,12,17H,4-9,11,13H2,1H3,(H,21,27);1H. The molecule has 1 atom stereocenters. The normalized spacial score (nSPS) is 19.7. The molecular formula is C19H26Cl2N6O2. The third-order valence-electron chi connectivity index (χ3n) is 5.22. The van der Waals surface area contributed by atoms with Gasteiger partial charge in [0, 0.05) is 49.7 Å². The van der Waals surface area contributed by atoms with Crippen LogP contribution in [0.5, 0.6) is 5.75 Å². The summed E-state index contributed by atoms with van der Waals surface area (Å²) in [6.45, 7) is 5.65. The number of amides is 1. The number of hydrogen-bond donors (Lipinski definition) is 1. The molecule has 3 heterocycles. The molecule has 1 saturated heterocycles. The second-order valence-corrected chi connectivity index (χ2v) is 7.86. The van der Waals surface area contributed by atoms with Gasteiger partial charge in [0.2, 0.25) is 5.91 Å². The minimum atomic E-state index is -0.108. The summed E-state index contributed by atoms with van der Waals surface area (Å²) in [5.41, 5.74) is 1.81. The average Bonchev–Trinajstić information content (AvgIpc) is 3.11. The number of likely N-dealkylation sites (N-methyl/N-ethyl adjacent to an activating group) is 1. The van der Waals surface area contributed by atoms with Crippen LogP contribution in [0.15, 0.2) is 24.4 Å². The van der Waals surface area contributed by atoms with Gasteiger partial charge in [-0.05, 0) is 25.2 Å². The van der Waals surface area contributed by atoms with Gasteiger partial charge in [-0.1, -0.05) is 16.8 Å². The lowest BCUT2D eigenvalue weighted by Crippen LogP contribution is -2.43. The molecule has 2 aliphatic heterocycles. The molecule has 0 bridgehead atoms. The van der Waals surface area contributed by atoms with E-state index in [1.54, 1.807) is 10.7 Å². The number of aromatic nitrogens is 3. The lowest BCUT2D eigenvalue weighted by molar-refractivity contribution is -0.122. The predicted octanol–water partition coefficient (Wildman–Crippen LogP) is 1.74. The SMILES string of the molecule is CN1CCN(Cc2cn(CC(=O)NC3CCOc4ccc(Cl)cc43)nn2)CC1.Cl. The molecule has 10 heteroatoms. The Morgan fingerprint density at radius 1 is 1.31 bits per heavy atom. The summed E-state index contributed by atoms with van der Waals surface area (Å²) >= 11 is 6.10. The first-order chi connectivity index (χ1) is 13.6. The molecule has 1 unspecified atom stereocenters. The molecule has 1 N–H and O–H groups in total. The molecule has 1 amide bonds. The molecule has 2 aromatic rings. The van der Waals surface area contributed by atoms with Gasteiger partial charge < -0.3 is 15.0 Å². The van der Waals surface area contributed by atoms with Gasteiger partial charge >= 0.3 is 0 Å². The van der Waals surface area contributed by atoms with E-state index in [9.17, 15) is 4.79 Å². The summed E-state index contributed by atoms with van der Waals surface area (Å²) in [6.07, 6.45) is 2.57. The number of nitrogens with zero attached hydrogens (tertiary/aromatic N) is 5. The van der Waals surface area contributed by atoms with Crippen molar-refractivity contribution in [3.8, 4) is 5.75 Å². The fraction of sp³-hybridized carbons (Fsp3) is 0.526. The Labute approximate surface area is 181 Å². The molecule has 8 nitrogen and oxygen atoms in total. The Morgan fingerprint density at radius 2 is 2.10 bits per heavy atom. The molecule has 1 aromatic heterocycles. The van der Waals surface area contributed by atoms with Crippen molar-refractivity contribution in [3.63, 3.8) is 0 Å². The van der Waals surface area contributed by atoms with Crippen LogP contribution in [0.4, 0.5) is 0 Å². The van der Waals surface area contributed by atoms with Crippen LogP contribution in [0.1, 0.15) is 23.7 Å². The Hall–Kier alpha value is -1.87. The van der Waals surface area contributed by atoms with Gasteiger partial charge in [-0.25, -0.2) is 4.68 Å². The van der Waals surface area contributed by atoms with Crippen molar-refractivity contribution in [2.45, 2.75) is 25.6 Å².